The molecule has 1 aliphatic heterocycles. The SMILES string of the molecule is Cc1nnc2n1C[C@H](NC(=O)Cc1nc3ncccn3n1)CC2. The summed E-state index contributed by atoms with van der Waals surface area (Å²) in [5.74, 6) is 2.75. The van der Waals surface area contributed by atoms with Crippen LogP contribution in [0.15, 0.2) is 18.5 Å². The highest BCUT2D eigenvalue weighted by Crippen LogP contribution is 2.14. The number of carbonyl (C=O) groups is 1. The molecular formula is C14H16N8O. The van der Waals surface area contributed by atoms with Gasteiger partial charge in [-0.1, -0.05) is 0 Å². The van der Waals surface area contributed by atoms with Crippen LogP contribution in [0.4, 0.5) is 0 Å². The Morgan fingerprint density at radius 1 is 1.43 bits per heavy atom. The molecule has 1 aliphatic rings. The molecule has 1 atom stereocenters. The summed E-state index contributed by atoms with van der Waals surface area (Å²) < 4.78 is 3.62. The number of fused-ring (bicyclic) bond motifs is 2. The van der Waals surface area contributed by atoms with E-state index in [1.165, 1.54) is 0 Å². The number of hydrogen-bond donors (Lipinski definition) is 1. The van der Waals surface area contributed by atoms with Gasteiger partial charge in [0.1, 0.15) is 11.6 Å². The summed E-state index contributed by atoms with van der Waals surface area (Å²) in [6.07, 6.45) is 5.24. The molecule has 3 aromatic rings. The number of hydrogen-bond acceptors (Lipinski definition) is 6. The quantitative estimate of drug-likeness (QED) is 0.712. The van der Waals surface area contributed by atoms with Gasteiger partial charge in [0.05, 0.1) is 6.42 Å². The number of aromatic nitrogens is 7. The molecule has 0 radical (unpaired) electrons. The summed E-state index contributed by atoms with van der Waals surface area (Å²) in [4.78, 5) is 20.6. The second-order valence-electron chi connectivity index (χ2n) is 5.65. The van der Waals surface area contributed by atoms with Crippen LogP contribution in [0.3, 0.4) is 0 Å². The van der Waals surface area contributed by atoms with Crippen LogP contribution in [0.1, 0.15) is 23.9 Å². The Hall–Kier alpha value is -2.84. The van der Waals surface area contributed by atoms with Gasteiger partial charge in [0.15, 0.2) is 5.82 Å². The molecule has 4 heterocycles. The van der Waals surface area contributed by atoms with Crippen LogP contribution < -0.4 is 5.32 Å². The maximum atomic E-state index is 12.2. The molecule has 9 nitrogen and oxygen atoms in total. The van der Waals surface area contributed by atoms with Crippen LogP contribution in [0.2, 0.25) is 0 Å². The van der Waals surface area contributed by atoms with E-state index in [1.807, 2.05) is 6.92 Å². The highest BCUT2D eigenvalue weighted by Gasteiger charge is 2.23. The predicted octanol–water partition coefficient (Wildman–Crippen LogP) is -0.302. The number of aryl methyl sites for hydroxylation is 2. The minimum atomic E-state index is -0.0833. The average Bonchev–Trinajstić information content (AvgIpc) is 3.10. The van der Waals surface area contributed by atoms with Crippen molar-refractivity contribution in [3.8, 4) is 0 Å². The van der Waals surface area contributed by atoms with Crippen LogP contribution in [0, 0.1) is 6.92 Å². The van der Waals surface area contributed by atoms with Gasteiger partial charge in [0.2, 0.25) is 5.91 Å². The highest BCUT2D eigenvalue weighted by molar-refractivity contribution is 5.78. The van der Waals surface area contributed by atoms with Gasteiger partial charge >= 0.3 is 0 Å². The van der Waals surface area contributed by atoms with Crippen molar-refractivity contribution in [1.29, 1.82) is 0 Å². The minimum Gasteiger partial charge on any atom is -0.351 e. The lowest BCUT2D eigenvalue weighted by Crippen LogP contribution is -2.42. The van der Waals surface area contributed by atoms with Gasteiger partial charge in [0.25, 0.3) is 5.78 Å². The molecule has 118 valence electrons. The van der Waals surface area contributed by atoms with Crippen LogP contribution in [-0.4, -0.2) is 46.3 Å². The Kier molecular flexibility index (Phi) is 3.25. The number of nitrogens with zero attached hydrogens (tertiary/aromatic N) is 7. The molecule has 0 bridgehead atoms. The van der Waals surface area contributed by atoms with E-state index in [2.05, 4.69) is 35.1 Å². The van der Waals surface area contributed by atoms with E-state index in [9.17, 15) is 4.79 Å². The fraction of sp³-hybridized carbons (Fsp3) is 0.429. The van der Waals surface area contributed by atoms with Crippen molar-refractivity contribution >= 4 is 11.7 Å². The lowest BCUT2D eigenvalue weighted by atomic mass is 10.1. The van der Waals surface area contributed by atoms with Crippen molar-refractivity contribution in [2.75, 3.05) is 0 Å². The molecule has 0 spiro atoms. The number of rotatable bonds is 3. The smallest absolute Gasteiger partial charge is 0.252 e. The first kappa shape index (κ1) is 13.8. The van der Waals surface area contributed by atoms with Crippen molar-refractivity contribution in [3.63, 3.8) is 0 Å². The standard InChI is InChI=1S/C14H16N8O/c1-9-18-19-12-4-3-10(8-21(9)12)16-13(23)7-11-17-14-15-5-2-6-22(14)20-11/h2,5-6,10H,3-4,7-8H2,1H3,(H,16,23)/t10-/m1/s1. The molecule has 0 aliphatic carbocycles. The summed E-state index contributed by atoms with van der Waals surface area (Å²) >= 11 is 0. The van der Waals surface area contributed by atoms with E-state index >= 15 is 0 Å². The third-order valence-corrected chi connectivity index (χ3v) is 3.98. The van der Waals surface area contributed by atoms with Gasteiger partial charge in [-0.15, -0.1) is 15.3 Å². The third kappa shape index (κ3) is 2.65. The molecule has 1 amide bonds. The summed E-state index contributed by atoms with van der Waals surface area (Å²) in [5, 5.41) is 15.5. The Balaban J connectivity index is 1.41. The molecule has 1 N–H and O–H groups in total. The topological polar surface area (TPSA) is 103 Å². The van der Waals surface area contributed by atoms with Gasteiger partial charge in [0, 0.05) is 31.4 Å². The Bertz CT molecular complexity index is 834. The first-order valence-corrected chi connectivity index (χ1v) is 7.53. The molecule has 3 aromatic heterocycles. The fourth-order valence-corrected chi connectivity index (χ4v) is 2.85. The van der Waals surface area contributed by atoms with Crippen molar-refractivity contribution in [3.05, 3.63) is 35.9 Å². The first-order valence-electron chi connectivity index (χ1n) is 7.53. The van der Waals surface area contributed by atoms with E-state index in [0.717, 1.165) is 24.5 Å². The lowest BCUT2D eigenvalue weighted by Gasteiger charge is -2.24. The average molecular weight is 312 g/mol. The predicted molar refractivity (Wildman–Crippen MR) is 79.5 cm³/mol. The maximum Gasteiger partial charge on any atom is 0.252 e. The zero-order chi connectivity index (χ0) is 15.8. The Morgan fingerprint density at radius 2 is 2.35 bits per heavy atom. The van der Waals surface area contributed by atoms with Crippen molar-refractivity contribution in [2.45, 2.75) is 38.8 Å². The number of carbonyl (C=O) groups excluding carboxylic acids is 1. The summed E-state index contributed by atoms with van der Waals surface area (Å²) in [6.45, 7) is 2.63. The van der Waals surface area contributed by atoms with Gasteiger partial charge in [-0.3, -0.25) is 4.79 Å². The molecule has 4 rings (SSSR count). The Labute approximate surface area is 131 Å². The molecule has 0 saturated carbocycles. The van der Waals surface area contributed by atoms with Crippen molar-refractivity contribution < 1.29 is 4.79 Å². The first-order chi connectivity index (χ1) is 11.2. The van der Waals surface area contributed by atoms with E-state index in [1.54, 1.807) is 23.0 Å². The fourth-order valence-electron chi connectivity index (χ4n) is 2.85. The van der Waals surface area contributed by atoms with Crippen molar-refractivity contribution in [1.82, 2.24) is 39.7 Å². The van der Waals surface area contributed by atoms with Crippen LogP contribution >= 0.6 is 0 Å². The van der Waals surface area contributed by atoms with E-state index in [-0.39, 0.29) is 18.4 Å². The zero-order valence-corrected chi connectivity index (χ0v) is 12.7. The molecule has 0 unspecified atom stereocenters. The second kappa shape index (κ2) is 5.41. The van der Waals surface area contributed by atoms with E-state index < -0.39 is 0 Å². The largest absolute Gasteiger partial charge is 0.351 e. The zero-order valence-electron chi connectivity index (χ0n) is 12.7. The summed E-state index contributed by atoms with van der Waals surface area (Å²) in [6, 6.07) is 1.85. The van der Waals surface area contributed by atoms with E-state index in [0.29, 0.717) is 18.1 Å². The third-order valence-electron chi connectivity index (χ3n) is 3.98. The lowest BCUT2D eigenvalue weighted by molar-refractivity contribution is -0.121. The summed E-state index contributed by atoms with van der Waals surface area (Å²) in [5.41, 5.74) is 0. The van der Waals surface area contributed by atoms with Crippen LogP contribution in [0.25, 0.3) is 5.78 Å². The number of amides is 1. The van der Waals surface area contributed by atoms with Gasteiger partial charge in [-0.25, -0.2) is 9.50 Å². The van der Waals surface area contributed by atoms with Crippen LogP contribution in [0.5, 0.6) is 0 Å². The number of nitrogens with one attached hydrogen (secondary N) is 1. The molecule has 23 heavy (non-hydrogen) atoms. The maximum absolute atomic E-state index is 12.2. The van der Waals surface area contributed by atoms with Gasteiger partial charge in [-0.2, -0.15) is 4.98 Å². The Morgan fingerprint density at radius 3 is 3.22 bits per heavy atom. The van der Waals surface area contributed by atoms with Crippen LogP contribution in [-0.2, 0) is 24.2 Å². The highest BCUT2D eigenvalue weighted by atomic mass is 16.1. The molecule has 0 saturated heterocycles. The molecule has 0 fully saturated rings. The normalized spacial score (nSPS) is 17.2. The minimum absolute atomic E-state index is 0.0832. The molecular weight excluding hydrogens is 296 g/mol. The summed E-state index contributed by atoms with van der Waals surface area (Å²) in [7, 11) is 0. The van der Waals surface area contributed by atoms with Gasteiger partial charge < -0.3 is 9.88 Å². The molecule has 0 aromatic carbocycles. The van der Waals surface area contributed by atoms with Crippen molar-refractivity contribution in [2.24, 2.45) is 0 Å². The molecule has 9 heteroatoms. The van der Waals surface area contributed by atoms with E-state index in [4.69, 9.17) is 0 Å². The van der Waals surface area contributed by atoms with Gasteiger partial charge in [-0.05, 0) is 19.4 Å². The second-order valence-corrected chi connectivity index (χ2v) is 5.65. The monoisotopic (exact) mass is 312 g/mol.